The van der Waals surface area contributed by atoms with Gasteiger partial charge in [-0.15, -0.1) is 13.2 Å². The summed E-state index contributed by atoms with van der Waals surface area (Å²) in [5.74, 6) is -1.64. The molecule has 9 heavy (non-hydrogen) atoms. The van der Waals surface area contributed by atoms with Crippen LogP contribution in [0.1, 0.15) is 12.8 Å². The summed E-state index contributed by atoms with van der Waals surface area (Å²) in [5.41, 5.74) is 0. The topological polar surface area (TPSA) is 40.5 Å². The first-order valence-corrected chi connectivity index (χ1v) is 2.79. The molecule has 0 aromatic rings. The molecule has 0 rings (SSSR count). The van der Waals surface area contributed by atoms with Crippen LogP contribution in [0.2, 0.25) is 0 Å². The SMILES string of the molecule is C=CCC(O)(O)CC=C. The summed E-state index contributed by atoms with van der Waals surface area (Å²) in [6, 6.07) is 0. The van der Waals surface area contributed by atoms with Crippen molar-refractivity contribution in [3.63, 3.8) is 0 Å². The minimum Gasteiger partial charge on any atom is -0.365 e. The van der Waals surface area contributed by atoms with Gasteiger partial charge in [-0.05, 0) is 0 Å². The molecule has 0 atom stereocenters. The van der Waals surface area contributed by atoms with Crippen molar-refractivity contribution in [1.29, 1.82) is 0 Å². The van der Waals surface area contributed by atoms with E-state index in [1.54, 1.807) is 0 Å². The van der Waals surface area contributed by atoms with Crippen LogP contribution >= 0.6 is 0 Å². The van der Waals surface area contributed by atoms with E-state index in [9.17, 15) is 0 Å². The third-order valence-electron chi connectivity index (χ3n) is 0.942. The van der Waals surface area contributed by atoms with Gasteiger partial charge in [-0.3, -0.25) is 0 Å². The smallest absolute Gasteiger partial charge is 0.169 e. The maximum Gasteiger partial charge on any atom is 0.169 e. The van der Waals surface area contributed by atoms with Crippen molar-refractivity contribution < 1.29 is 10.2 Å². The summed E-state index contributed by atoms with van der Waals surface area (Å²) in [6.07, 6.45) is 3.28. The van der Waals surface area contributed by atoms with Gasteiger partial charge in [0.2, 0.25) is 0 Å². The number of hydrogen-bond donors (Lipinski definition) is 2. The fraction of sp³-hybridized carbons (Fsp3) is 0.429. The molecule has 0 aliphatic carbocycles. The molecule has 0 saturated carbocycles. The van der Waals surface area contributed by atoms with Gasteiger partial charge in [0.05, 0.1) is 0 Å². The second-order valence-corrected chi connectivity index (χ2v) is 1.97. The van der Waals surface area contributed by atoms with Gasteiger partial charge in [0.1, 0.15) is 0 Å². The molecule has 52 valence electrons. The second kappa shape index (κ2) is 3.43. The van der Waals surface area contributed by atoms with Crippen molar-refractivity contribution in [3.05, 3.63) is 25.3 Å². The minimum absolute atomic E-state index is 0.180. The molecule has 0 aromatic heterocycles. The molecule has 0 radical (unpaired) electrons. The van der Waals surface area contributed by atoms with Crippen molar-refractivity contribution >= 4 is 0 Å². The van der Waals surface area contributed by atoms with Crippen LogP contribution in [0, 0.1) is 0 Å². The van der Waals surface area contributed by atoms with Crippen molar-refractivity contribution in [2.45, 2.75) is 18.6 Å². The fourth-order valence-electron chi connectivity index (χ4n) is 0.546. The first-order valence-electron chi connectivity index (χ1n) is 2.79. The summed E-state index contributed by atoms with van der Waals surface area (Å²) < 4.78 is 0. The van der Waals surface area contributed by atoms with E-state index < -0.39 is 5.79 Å². The number of rotatable bonds is 4. The van der Waals surface area contributed by atoms with E-state index >= 15 is 0 Å². The van der Waals surface area contributed by atoms with Crippen LogP contribution in [0.3, 0.4) is 0 Å². The molecule has 0 fully saturated rings. The highest BCUT2D eigenvalue weighted by molar-refractivity contribution is 4.83. The third kappa shape index (κ3) is 3.94. The molecule has 0 saturated heterocycles. The molecule has 2 heteroatoms. The summed E-state index contributed by atoms with van der Waals surface area (Å²) in [7, 11) is 0. The van der Waals surface area contributed by atoms with Crippen LogP contribution < -0.4 is 0 Å². The maximum atomic E-state index is 8.93. The molecule has 0 amide bonds. The summed E-state index contributed by atoms with van der Waals surface area (Å²) in [5, 5.41) is 17.9. The maximum absolute atomic E-state index is 8.93. The van der Waals surface area contributed by atoms with E-state index in [0.717, 1.165) is 0 Å². The van der Waals surface area contributed by atoms with Gasteiger partial charge in [0.15, 0.2) is 5.79 Å². The molecule has 0 aliphatic rings. The van der Waals surface area contributed by atoms with Gasteiger partial charge in [-0.1, -0.05) is 12.2 Å². The molecule has 0 aromatic carbocycles. The average molecular weight is 128 g/mol. The lowest BCUT2D eigenvalue weighted by molar-refractivity contribution is -0.153. The number of aliphatic hydroxyl groups is 2. The quantitative estimate of drug-likeness (QED) is 0.434. The Morgan fingerprint density at radius 3 is 1.67 bits per heavy atom. The Labute approximate surface area is 55.1 Å². The first kappa shape index (κ1) is 8.40. The minimum atomic E-state index is -1.64. The average Bonchev–Trinajstić information content (AvgIpc) is 1.64. The van der Waals surface area contributed by atoms with Crippen molar-refractivity contribution in [2.24, 2.45) is 0 Å². The zero-order valence-electron chi connectivity index (χ0n) is 5.38. The van der Waals surface area contributed by atoms with Crippen LogP contribution in [-0.4, -0.2) is 16.0 Å². The zero-order chi connectivity index (χ0) is 7.33. The van der Waals surface area contributed by atoms with Crippen LogP contribution in [0.4, 0.5) is 0 Å². The van der Waals surface area contributed by atoms with Crippen LogP contribution in [0.25, 0.3) is 0 Å². The Morgan fingerprint density at radius 1 is 1.11 bits per heavy atom. The second-order valence-electron chi connectivity index (χ2n) is 1.97. The molecule has 0 unspecified atom stereocenters. The third-order valence-corrected chi connectivity index (χ3v) is 0.942. The van der Waals surface area contributed by atoms with Crippen LogP contribution in [0.5, 0.6) is 0 Å². The number of hydrogen-bond acceptors (Lipinski definition) is 2. The van der Waals surface area contributed by atoms with E-state index in [1.807, 2.05) is 0 Å². The predicted molar refractivity (Wildman–Crippen MR) is 36.8 cm³/mol. The summed E-state index contributed by atoms with van der Waals surface area (Å²) in [6.45, 7) is 6.75. The zero-order valence-corrected chi connectivity index (χ0v) is 5.38. The molecule has 0 aliphatic heterocycles. The molecule has 0 heterocycles. The van der Waals surface area contributed by atoms with Gasteiger partial charge >= 0.3 is 0 Å². The lowest BCUT2D eigenvalue weighted by atomic mass is 10.1. The highest BCUT2D eigenvalue weighted by Crippen LogP contribution is 2.10. The molecule has 0 bridgehead atoms. The van der Waals surface area contributed by atoms with Gasteiger partial charge in [-0.2, -0.15) is 0 Å². The Kier molecular flexibility index (Phi) is 3.20. The van der Waals surface area contributed by atoms with E-state index in [-0.39, 0.29) is 12.8 Å². The largest absolute Gasteiger partial charge is 0.365 e. The van der Waals surface area contributed by atoms with Gasteiger partial charge in [-0.25, -0.2) is 0 Å². The molecule has 2 nitrogen and oxygen atoms in total. The standard InChI is InChI=1S/C7H12O2/c1-3-5-7(8,9)6-4-2/h3-4,8-9H,1-2,5-6H2. The normalized spacial score (nSPS) is 10.9. The predicted octanol–water partition coefficient (Wildman–Crippen LogP) is 0.820. The van der Waals surface area contributed by atoms with Gasteiger partial charge in [0, 0.05) is 12.8 Å². The highest BCUT2D eigenvalue weighted by Gasteiger charge is 2.17. The monoisotopic (exact) mass is 128 g/mol. The fourth-order valence-corrected chi connectivity index (χ4v) is 0.546. The summed E-state index contributed by atoms with van der Waals surface area (Å²) in [4.78, 5) is 0. The van der Waals surface area contributed by atoms with Crippen molar-refractivity contribution in [2.75, 3.05) is 0 Å². The Hall–Kier alpha value is -0.600. The van der Waals surface area contributed by atoms with Gasteiger partial charge in [0.25, 0.3) is 0 Å². The van der Waals surface area contributed by atoms with Gasteiger partial charge < -0.3 is 10.2 Å². The van der Waals surface area contributed by atoms with E-state index in [1.165, 1.54) is 12.2 Å². The Balaban J connectivity index is 3.68. The molecular formula is C7H12O2. The van der Waals surface area contributed by atoms with Crippen LogP contribution in [0.15, 0.2) is 25.3 Å². The van der Waals surface area contributed by atoms with Crippen molar-refractivity contribution in [1.82, 2.24) is 0 Å². The van der Waals surface area contributed by atoms with Crippen molar-refractivity contribution in [3.8, 4) is 0 Å². The molecule has 0 spiro atoms. The first-order chi connectivity index (χ1) is 4.12. The van der Waals surface area contributed by atoms with E-state index in [2.05, 4.69) is 13.2 Å². The van der Waals surface area contributed by atoms with E-state index in [0.29, 0.717) is 0 Å². The highest BCUT2D eigenvalue weighted by atomic mass is 16.5. The lowest BCUT2D eigenvalue weighted by Gasteiger charge is -2.16. The lowest BCUT2D eigenvalue weighted by Crippen LogP contribution is -2.25. The Morgan fingerprint density at radius 2 is 1.44 bits per heavy atom. The van der Waals surface area contributed by atoms with Crippen LogP contribution in [-0.2, 0) is 0 Å². The summed E-state index contributed by atoms with van der Waals surface area (Å²) >= 11 is 0. The Bertz CT molecular complexity index is 93.5. The van der Waals surface area contributed by atoms with E-state index in [4.69, 9.17) is 10.2 Å². The molecule has 2 N–H and O–H groups in total. The molecular weight excluding hydrogens is 116 g/mol.